The Kier molecular flexibility index (Phi) is 2.89. The van der Waals surface area contributed by atoms with E-state index in [9.17, 15) is 13.6 Å². The summed E-state index contributed by atoms with van der Waals surface area (Å²) in [4.78, 5) is 12.1. The highest BCUT2D eigenvalue weighted by Gasteiger charge is 2.54. The van der Waals surface area contributed by atoms with Crippen molar-refractivity contribution in [2.24, 2.45) is 28.9 Å². The van der Waals surface area contributed by atoms with Crippen LogP contribution >= 0.6 is 0 Å². The molecule has 0 aromatic heterocycles. The molecule has 0 heterocycles. The van der Waals surface area contributed by atoms with E-state index in [2.05, 4.69) is 5.32 Å². The van der Waals surface area contributed by atoms with E-state index >= 15 is 0 Å². The third-order valence-corrected chi connectivity index (χ3v) is 5.31. The number of rotatable bonds is 3. The summed E-state index contributed by atoms with van der Waals surface area (Å²) in [6.07, 6.45) is 2.63. The molecular formula is C14H22F2N2O. The highest BCUT2D eigenvalue weighted by molar-refractivity contribution is 5.79. The van der Waals surface area contributed by atoms with E-state index in [1.807, 2.05) is 6.92 Å². The van der Waals surface area contributed by atoms with Crippen molar-refractivity contribution < 1.29 is 13.6 Å². The van der Waals surface area contributed by atoms with E-state index in [-0.39, 0.29) is 30.7 Å². The fourth-order valence-electron chi connectivity index (χ4n) is 4.26. The third kappa shape index (κ3) is 2.37. The second kappa shape index (κ2) is 4.14. The predicted molar refractivity (Wildman–Crippen MR) is 67.6 cm³/mol. The van der Waals surface area contributed by atoms with Crippen LogP contribution in [0.2, 0.25) is 0 Å². The van der Waals surface area contributed by atoms with Gasteiger partial charge in [0.15, 0.2) is 0 Å². The molecule has 0 aromatic rings. The van der Waals surface area contributed by atoms with E-state index in [4.69, 9.17) is 5.73 Å². The van der Waals surface area contributed by atoms with Crippen molar-refractivity contribution in [2.75, 3.05) is 6.54 Å². The number of hydrogen-bond donors (Lipinski definition) is 2. The van der Waals surface area contributed by atoms with Crippen LogP contribution in [-0.4, -0.2) is 24.4 Å². The number of halogens is 2. The molecule has 0 aliphatic heterocycles. The Morgan fingerprint density at radius 3 is 2.53 bits per heavy atom. The lowest BCUT2D eigenvalue weighted by atomic mass is 9.67. The molecule has 3 aliphatic rings. The normalized spacial score (nSPS) is 41.9. The molecule has 0 saturated heterocycles. The van der Waals surface area contributed by atoms with Gasteiger partial charge in [-0.3, -0.25) is 4.79 Å². The Labute approximate surface area is 112 Å². The van der Waals surface area contributed by atoms with Gasteiger partial charge in [-0.15, -0.1) is 0 Å². The van der Waals surface area contributed by atoms with Crippen LogP contribution in [0.4, 0.5) is 8.78 Å². The van der Waals surface area contributed by atoms with Crippen LogP contribution in [-0.2, 0) is 4.79 Å². The second-order valence-corrected chi connectivity index (χ2v) is 7.23. The molecule has 3 nitrogen and oxygen atoms in total. The second-order valence-electron chi connectivity index (χ2n) is 7.23. The van der Waals surface area contributed by atoms with Gasteiger partial charge in [-0.2, -0.15) is 0 Å². The number of carbonyl (C=O) groups excluding carboxylic acids is 1. The van der Waals surface area contributed by atoms with Gasteiger partial charge < -0.3 is 11.1 Å². The van der Waals surface area contributed by atoms with E-state index in [0.29, 0.717) is 18.4 Å². The van der Waals surface area contributed by atoms with E-state index < -0.39 is 11.3 Å². The largest absolute Gasteiger partial charge is 0.355 e. The zero-order valence-corrected chi connectivity index (χ0v) is 11.3. The quantitative estimate of drug-likeness (QED) is 0.824. The molecule has 3 rings (SSSR count). The third-order valence-electron chi connectivity index (χ3n) is 5.31. The fraction of sp³-hybridized carbons (Fsp3) is 0.929. The van der Waals surface area contributed by atoms with Gasteiger partial charge in [-0.05, 0) is 36.5 Å². The first-order chi connectivity index (χ1) is 8.78. The number of nitrogens with one attached hydrogen (secondary N) is 1. The van der Waals surface area contributed by atoms with Gasteiger partial charge in [0.2, 0.25) is 11.8 Å². The summed E-state index contributed by atoms with van der Waals surface area (Å²) >= 11 is 0. The van der Waals surface area contributed by atoms with Crippen molar-refractivity contribution in [3.63, 3.8) is 0 Å². The molecule has 1 amide bonds. The zero-order chi connectivity index (χ0) is 13.8. The van der Waals surface area contributed by atoms with Crippen molar-refractivity contribution in [2.45, 2.75) is 51.0 Å². The number of nitrogens with two attached hydrogens (primary N) is 1. The maximum absolute atomic E-state index is 12.9. The molecule has 0 radical (unpaired) electrons. The van der Waals surface area contributed by atoms with Gasteiger partial charge in [0.25, 0.3) is 0 Å². The standard InChI is InChI=1S/C14H22F2N2O/c1-13(5-14(15,16)6-13)7-18-12(19)9-2-8-4-11(17)10(8)3-9/h8-11H,2-7,17H2,1H3,(H,18,19). The molecule has 5 heteroatoms. The summed E-state index contributed by atoms with van der Waals surface area (Å²) in [6, 6.07) is 0.269. The average Bonchev–Trinajstić information content (AvgIpc) is 2.61. The summed E-state index contributed by atoms with van der Waals surface area (Å²) in [7, 11) is 0. The minimum absolute atomic E-state index is 0.0399. The van der Waals surface area contributed by atoms with Crippen LogP contribution < -0.4 is 11.1 Å². The summed E-state index contributed by atoms with van der Waals surface area (Å²) in [5.41, 5.74) is 5.49. The van der Waals surface area contributed by atoms with Crippen LogP contribution in [0.3, 0.4) is 0 Å². The minimum atomic E-state index is -2.53. The van der Waals surface area contributed by atoms with Crippen molar-refractivity contribution in [3.8, 4) is 0 Å². The van der Waals surface area contributed by atoms with Gasteiger partial charge in [0.05, 0.1) is 0 Å². The number of alkyl halides is 2. The molecular weight excluding hydrogens is 250 g/mol. The van der Waals surface area contributed by atoms with Crippen LogP contribution in [0.15, 0.2) is 0 Å². The predicted octanol–water partition coefficient (Wildman–Crippen LogP) is 1.91. The Hall–Kier alpha value is -0.710. The highest BCUT2D eigenvalue weighted by Crippen LogP contribution is 2.52. The molecule has 4 atom stereocenters. The van der Waals surface area contributed by atoms with Gasteiger partial charge in [0.1, 0.15) is 0 Å². The van der Waals surface area contributed by atoms with E-state index in [1.165, 1.54) is 0 Å². The van der Waals surface area contributed by atoms with Crippen molar-refractivity contribution in [1.82, 2.24) is 5.32 Å². The molecule has 0 spiro atoms. The van der Waals surface area contributed by atoms with Crippen LogP contribution in [0, 0.1) is 23.2 Å². The first-order valence-electron chi connectivity index (χ1n) is 7.19. The number of carbonyl (C=O) groups is 1. The molecule has 3 saturated carbocycles. The molecule has 3 N–H and O–H groups in total. The molecule has 3 fully saturated rings. The van der Waals surface area contributed by atoms with Crippen LogP contribution in [0.5, 0.6) is 0 Å². The summed E-state index contributed by atoms with van der Waals surface area (Å²) in [5.74, 6) is -1.31. The van der Waals surface area contributed by atoms with Gasteiger partial charge in [0, 0.05) is 31.3 Å². The van der Waals surface area contributed by atoms with Gasteiger partial charge in [-0.25, -0.2) is 8.78 Å². The molecule has 108 valence electrons. The fourth-order valence-corrected chi connectivity index (χ4v) is 4.26. The van der Waals surface area contributed by atoms with Crippen LogP contribution in [0.1, 0.15) is 39.0 Å². The zero-order valence-electron chi connectivity index (χ0n) is 11.3. The van der Waals surface area contributed by atoms with Gasteiger partial charge >= 0.3 is 0 Å². The monoisotopic (exact) mass is 272 g/mol. The Morgan fingerprint density at radius 2 is 2.00 bits per heavy atom. The number of hydrogen-bond acceptors (Lipinski definition) is 2. The molecule has 19 heavy (non-hydrogen) atoms. The van der Waals surface area contributed by atoms with Gasteiger partial charge in [-0.1, -0.05) is 6.92 Å². The average molecular weight is 272 g/mol. The maximum atomic E-state index is 12.9. The van der Waals surface area contributed by atoms with Crippen LogP contribution in [0.25, 0.3) is 0 Å². The minimum Gasteiger partial charge on any atom is -0.355 e. The maximum Gasteiger partial charge on any atom is 0.249 e. The lowest BCUT2D eigenvalue weighted by molar-refractivity contribution is -0.155. The SMILES string of the molecule is CC1(CNC(=O)C2CC3CC(N)C3C2)CC(F)(F)C1. The summed E-state index contributed by atoms with van der Waals surface area (Å²) in [6.45, 7) is 2.19. The molecule has 0 bridgehead atoms. The first-order valence-corrected chi connectivity index (χ1v) is 7.19. The number of amides is 1. The smallest absolute Gasteiger partial charge is 0.249 e. The Balaban J connectivity index is 1.45. The van der Waals surface area contributed by atoms with E-state index in [1.54, 1.807) is 0 Å². The van der Waals surface area contributed by atoms with Crippen molar-refractivity contribution >= 4 is 5.91 Å². The van der Waals surface area contributed by atoms with E-state index in [0.717, 1.165) is 19.3 Å². The first kappa shape index (κ1) is 13.3. The Bertz CT molecular complexity index is 391. The van der Waals surface area contributed by atoms with Crippen molar-refractivity contribution in [3.05, 3.63) is 0 Å². The lowest BCUT2D eigenvalue weighted by Gasteiger charge is -2.45. The Morgan fingerprint density at radius 1 is 1.32 bits per heavy atom. The molecule has 4 unspecified atom stereocenters. The highest BCUT2D eigenvalue weighted by atomic mass is 19.3. The summed E-state index contributed by atoms with van der Waals surface area (Å²) in [5, 5.41) is 2.88. The van der Waals surface area contributed by atoms with Crippen molar-refractivity contribution in [1.29, 1.82) is 0 Å². The summed E-state index contributed by atoms with van der Waals surface area (Å²) < 4.78 is 25.8. The number of fused-ring (bicyclic) bond motifs is 1. The topological polar surface area (TPSA) is 55.1 Å². The lowest BCUT2D eigenvalue weighted by Crippen LogP contribution is -2.51. The molecule has 0 aromatic carbocycles. The molecule has 3 aliphatic carbocycles.